The van der Waals surface area contributed by atoms with Gasteiger partial charge < -0.3 is 15.5 Å². The second-order valence-corrected chi connectivity index (χ2v) is 5.54. The summed E-state index contributed by atoms with van der Waals surface area (Å²) < 4.78 is 0. The van der Waals surface area contributed by atoms with Crippen molar-refractivity contribution >= 4 is 11.7 Å². The van der Waals surface area contributed by atoms with Gasteiger partial charge in [-0.05, 0) is 17.5 Å². The SMILES string of the molecule is O=C(CCc1ccccc1)[C@@H](O)[C@H](O)C(=O)NCc1ccccc1. The molecule has 0 spiro atoms. The Hall–Kier alpha value is -2.50. The van der Waals surface area contributed by atoms with Crippen LogP contribution in [-0.2, 0) is 22.6 Å². The fourth-order valence-corrected chi connectivity index (χ4v) is 2.27. The molecule has 0 radical (unpaired) electrons. The van der Waals surface area contributed by atoms with Crippen molar-refractivity contribution in [3.8, 4) is 0 Å². The van der Waals surface area contributed by atoms with E-state index in [1.165, 1.54) is 0 Å². The van der Waals surface area contributed by atoms with Gasteiger partial charge in [0, 0.05) is 13.0 Å². The van der Waals surface area contributed by atoms with Gasteiger partial charge in [-0.2, -0.15) is 0 Å². The van der Waals surface area contributed by atoms with E-state index in [0.29, 0.717) is 6.42 Å². The van der Waals surface area contributed by atoms with Gasteiger partial charge in [0.1, 0.15) is 6.10 Å². The minimum absolute atomic E-state index is 0.0637. The highest BCUT2D eigenvalue weighted by atomic mass is 16.3. The highest BCUT2D eigenvalue weighted by molar-refractivity contribution is 5.91. The highest BCUT2D eigenvalue weighted by Crippen LogP contribution is 2.07. The predicted molar refractivity (Wildman–Crippen MR) is 90.1 cm³/mol. The number of Topliss-reactive ketones (excluding diaryl/α,β-unsaturated/α-hetero) is 1. The van der Waals surface area contributed by atoms with E-state index >= 15 is 0 Å². The number of aryl methyl sites for hydroxylation is 1. The predicted octanol–water partition coefficient (Wildman–Crippen LogP) is 1.23. The molecule has 5 nitrogen and oxygen atoms in total. The first-order valence-electron chi connectivity index (χ1n) is 7.82. The molecule has 0 fully saturated rings. The topological polar surface area (TPSA) is 86.6 Å². The minimum Gasteiger partial charge on any atom is -0.382 e. The average molecular weight is 327 g/mol. The molecule has 0 heterocycles. The lowest BCUT2D eigenvalue weighted by molar-refractivity contribution is -0.144. The normalized spacial score (nSPS) is 13.1. The third-order valence-corrected chi connectivity index (χ3v) is 3.71. The first-order valence-corrected chi connectivity index (χ1v) is 7.82. The number of hydrogen-bond donors (Lipinski definition) is 3. The monoisotopic (exact) mass is 327 g/mol. The van der Waals surface area contributed by atoms with Gasteiger partial charge in [0.15, 0.2) is 11.9 Å². The van der Waals surface area contributed by atoms with E-state index < -0.39 is 23.9 Å². The second-order valence-electron chi connectivity index (χ2n) is 5.54. The maximum Gasteiger partial charge on any atom is 0.252 e. The smallest absolute Gasteiger partial charge is 0.252 e. The zero-order chi connectivity index (χ0) is 17.4. The fraction of sp³-hybridized carbons (Fsp3) is 0.263. The van der Waals surface area contributed by atoms with Crippen LogP contribution < -0.4 is 5.32 Å². The summed E-state index contributed by atoms with van der Waals surface area (Å²) in [5.41, 5.74) is 1.82. The summed E-state index contributed by atoms with van der Waals surface area (Å²) in [6.45, 7) is 0.224. The lowest BCUT2D eigenvalue weighted by atomic mass is 10.0. The van der Waals surface area contributed by atoms with Gasteiger partial charge in [-0.25, -0.2) is 0 Å². The Labute approximate surface area is 141 Å². The number of aliphatic hydroxyl groups is 2. The molecule has 2 aromatic carbocycles. The van der Waals surface area contributed by atoms with Crippen molar-refractivity contribution in [1.82, 2.24) is 5.32 Å². The van der Waals surface area contributed by atoms with Crippen LogP contribution in [0.25, 0.3) is 0 Å². The number of ketones is 1. The van der Waals surface area contributed by atoms with E-state index in [2.05, 4.69) is 5.32 Å². The van der Waals surface area contributed by atoms with Crippen molar-refractivity contribution in [1.29, 1.82) is 0 Å². The van der Waals surface area contributed by atoms with Gasteiger partial charge in [0.25, 0.3) is 5.91 Å². The quantitative estimate of drug-likeness (QED) is 0.680. The van der Waals surface area contributed by atoms with E-state index in [0.717, 1.165) is 11.1 Å². The van der Waals surface area contributed by atoms with Gasteiger partial charge in [-0.15, -0.1) is 0 Å². The standard InChI is InChI=1S/C19H21NO4/c21-16(12-11-14-7-3-1-4-8-14)17(22)18(23)19(24)20-13-15-9-5-2-6-10-15/h1-10,17-18,22-23H,11-13H2,(H,20,24)/t17-,18+/m1/s1. The molecule has 0 unspecified atom stereocenters. The number of benzene rings is 2. The summed E-state index contributed by atoms with van der Waals surface area (Å²) in [4.78, 5) is 23.8. The Morgan fingerprint density at radius 2 is 1.38 bits per heavy atom. The van der Waals surface area contributed by atoms with Gasteiger partial charge >= 0.3 is 0 Å². The molecule has 3 N–H and O–H groups in total. The van der Waals surface area contributed by atoms with E-state index in [1.807, 2.05) is 60.7 Å². The molecule has 0 bridgehead atoms. The van der Waals surface area contributed by atoms with Gasteiger partial charge in [-0.3, -0.25) is 9.59 Å². The highest BCUT2D eigenvalue weighted by Gasteiger charge is 2.29. The Kier molecular flexibility index (Phi) is 6.66. The molecule has 1 amide bonds. The fourth-order valence-electron chi connectivity index (χ4n) is 2.27. The van der Waals surface area contributed by atoms with Crippen molar-refractivity contribution in [2.45, 2.75) is 31.6 Å². The molecule has 0 aliphatic carbocycles. The zero-order valence-electron chi connectivity index (χ0n) is 13.3. The van der Waals surface area contributed by atoms with Crippen LogP contribution in [0.3, 0.4) is 0 Å². The molecular formula is C19H21NO4. The number of carbonyl (C=O) groups is 2. The first kappa shape index (κ1) is 17.8. The number of amides is 1. The van der Waals surface area contributed by atoms with Crippen molar-refractivity contribution in [2.24, 2.45) is 0 Å². The van der Waals surface area contributed by atoms with E-state index in [-0.39, 0.29) is 13.0 Å². The van der Waals surface area contributed by atoms with E-state index in [9.17, 15) is 19.8 Å². The maximum absolute atomic E-state index is 11.9. The Balaban J connectivity index is 1.80. The van der Waals surface area contributed by atoms with Gasteiger partial charge in [0.2, 0.25) is 0 Å². The number of rotatable bonds is 8. The van der Waals surface area contributed by atoms with Crippen LogP contribution in [0, 0.1) is 0 Å². The Bertz CT molecular complexity index is 598. The van der Waals surface area contributed by atoms with Crippen LogP contribution in [0.4, 0.5) is 0 Å². The molecule has 126 valence electrons. The number of aliphatic hydroxyl groups excluding tert-OH is 2. The van der Waals surface area contributed by atoms with Crippen LogP contribution in [0.15, 0.2) is 60.7 Å². The number of carbonyl (C=O) groups excluding carboxylic acids is 2. The molecule has 2 atom stereocenters. The van der Waals surface area contributed by atoms with Crippen LogP contribution in [0.5, 0.6) is 0 Å². The van der Waals surface area contributed by atoms with E-state index in [4.69, 9.17) is 0 Å². The molecule has 2 rings (SSSR count). The summed E-state index contributed by atoms with van der Waals surface area (Å²) in [7, 11) is 0. The van der Waals surface area contributed by atoms with Crippen molar-refractivity contribution in [3.05, 3.63) is 71.8 Å². The summed E-state index contributed by atoms with van der Waals surface area (Å²) in [5.74, 6) is -1.32. The summed E-state index contributed by atoms with van der Waals surface area (Å²) in [6.07, 6.45) is -2.97. The molecule has 0 aromatic heterocycles. The van der Waals surface area contributed by atoms with Gasteiger partial charge in [-0.1, -0.05) is 60.7 Å². The molecule has 0 saturated carbocycles. The van der Waals surface area contributed by atoms with Crippen LogP contribution in [-0.4, -0.2) is 34.1 Å². The van der Waals surface area contributed by atoms with E-state index in [1.54, 1.807) is 0 Å². The van der Waals surface area contributed by atoms with Crippen molar-refractivity contribution in [2.75, 3.05) is 0 Å². The molecule has 24 heavy (non-hydrogen) atoms. The Morgan fingerprint density at radius 3 is 1.96 bits per heavy atom. The lowest BCUT2D eigenvalue weighted by Crippen LogP contribution is -2.45. The van der Waals surface area contributed by atoms with Crippen LogP contribution in [0.1, 0.15) is 17.5 Å². The lowest BCUT2D eigenvalue weighted by Gasteiger charge is -2.16. The number of hydrogen-bond acceptors (Lipinski definition) is 4. The van der Waals surface area contributed by atoms with Crippen LogP contribution in [0.2, 0.25) is 0 Å². The van der Waals surface area contributed by atoms with Crippen molar-refractivity contribution in [3.63, 3.8) is 0 Å². The number of nitrogens with one attached hydrogen (secondary N) is 1. The third-order valence-electron chi connectivity index (χ3n) is 3.71. The zero-order valence-corrected chi connectivity index (χ0v) is 13.3. The summed E-state index contributed by atoms with van der Waals surface area (Å²) >= 11 is 0. The molecule has 5 heteroatoms. The molecular weight excluding hydrogens is 306 g/mol. The first-order chi connectivity index (χ1) is 11.6. The average Bonchev–Trinajstić information content (AvgIpc) is 2.64. The van der Waals surface area contributed by atoms with Gasteiger partial charge in [0.05, 0.1) is 0 Å². The minimum atomic E-state index is -1.77. The second kappa shape index (κ2) is 8.96. The Morgan fingerprint density at radius 1 is 0.833 bits per heavy atom. The molecule has 0 aliphatic heterocycles. The molecule has 0 saturated heterocycles. The molecule has 0 aliphatic rings. The van der Waals surface area contributed by atoms with Crippen molar-refractivity contribution < 1.29 is 19.8 Å². The largest absolute Gasteiger partial charge is 0.382 e. The summed E-state index contributed by atoms with van der Waals surface area (Å²) in [6, 6.07) is 18.5. The molecule has 2 aromatic rings. The van der Waals surface area contributed by atoms with Crippen LogP contribution >= 0.6 is 0 Å². The maximum atomic E-state index is 11.9. The third kappa shape index (κ3) is 5.30. The summed E-state index contributed by atoms with van der Waals surface area (Å²) in [5, 5.41) is 22.2.